The van der Waals surface area contributed by atoms with Gasteiger partial charge in [-0.05, 0) is 18.2 Å². The standard InChI is InChI=1S/C11H7Cl2N3O3/c12-9-8(10(13)15-4-14-9)16-11(19)5-1-2-6(17)7(18)3-5/h1-4,17-18H,(H,16,19). The molecule has 0 aliphatic heterocycles. The Morgan fingerprint density at radius 3 is 2.32 bits per heavy atom. The van der Waals surface area contributed by atoms with E-state index >= 15 is 0 Å². The van der Waals surface area contributed by atoms with Crippen LogP contribution in [0.25, 0.3) is 0 Å². The van der Waals surface area contributed by atoms with Crippen molar-refractivity contribution >= 4 is 34.8 Å². The number of carbonyl (C=O) groups excluding carboxylic acids is 1. The monoisotopic (exact) mass is 299 g/mol. The van der Waals surface area contributed by atoms with E-state index in [9.17, 15) is 9.90 Å². The summed E-state index contributed by atoms with van der Waals surface area (Å²) in [4.78, 5) is 19.3. The lowest BCUT2D eigenvalue weighted by atomic mass is 10.2. The van der Waals surface area contributed by atoms with Crippen molar-refractivity contribution in [3.8, 4) is 11.5 Å². The van der Waals surface area contributed by atoms with Gasteiger partial charge in [0.1, 0.15) is 12.0 Å². The summed E-state index contributed by atoms with van der Waals surface area (Å²) in [7, 11) is 0. The maximum atomic E-state index is 11.9. The Labute approximate surface area is 117 Å². The summed E-state index contributed by atoms with van der Waals surface area (Å²) < 4.78 is 0. The van der Waals surface area contributed by atoms with E-state index in [0.717, 1.165) is 12.4 Å². The van der Waals surface area contributed by atoms with Crippen LogP contribution in [0.2, 0.25) is 10.3 Å². The maximum absolute atomic E-state index is 11.9. The van der Waals surface area contributed by atoms with Gasteiger partial charge in [0.2, 0.25) is 0 Å². The highest BCUT2D eigenvalue weighted by molar-refractivity contribution is 6.38. The molecule has 1 amide bonds. The van der Waals surface area contributed by atoms with Crippen LogP contribution in [0.4, 0.5) is 5.69 Å². The Kier molecular flexibility index (Phi) is 3.73. The van der Waals surface area contributed by atoms with Crippen LogP contribution in [-0.2, 0) is 0 Å². The molecule has 0 aliphatic rings. The zero-order valence-electron chi connectivity index (χ0n) is 9.26. The molecule has 19 heavy (non-hydrogen) atoms. The van der Waals surface area contributed by atoms with Crippen molar-refractivity contribution in [1.82, 2.24) is 9.97 Å². The smallest absolute Gasteiger partial charge is 0.255 e. The van der Waals surface area contributed by atoms with E-state index in [4.69, 9.17) is 28.3 Å². The molecular weight excluding hydrogens is 293 g/mol. The molecule has 1 aromatic carbocycles. The maximum Gasteiger partial charge on any atom is 0.255 e. The second kappa shape index (κ2) is 5.29. The largest absolute Gasteiger partial charge is 0.504 e. The molecule has 1 heterocycles. The zero-order chi connectivity index (χ0) is 14.0. The van der Waals surface area contributed by atoms with Crippen LogP contribution in [-0.4, -0.2) is 26.1 Å². The Morgan fingerprint density at radius 1 is 1.11 bits per heavy atom. The van der Waals surface area contributed by atoms with Gasteiger partial charge in [0, 0.05) is 5.56 Å². The van der Waals surface area contributed by atoms with Gasteiger partial charge in [-0.3, -0.25) is 4.79 Å². The molecule has 0 saturated carbocycles. The number of halogens is 2. The third kappa shape index (κ3) is 2.86. The number of aromatic nitrogens is 2. The summed E-state index contributed by atoms with van der Waals surface area (Å²) in [5.41, 5.74) is 0.190. The molecule has 6 nitrogen and oxygen atoms in total. The molecule has 8 heteroatoms. The minimum Gasteiger partial charge on any atom is -0.504 e. The summed E-state index contributed by atoms with van der Waals surface area (Å²) in [6.07, 6.45) is 1.16. The predicted molar refractivity (Wildman–Crippen MR) is 69.8 cm³/mol. The van der Waals surface area contributed by atoms with Crippen molar-refractivity contribution in [3.63, 3.8) is 0 Å². The highest BCUT2D eigenvalue weighted by Crippen LogP contribution is 2.28. The number of phenols is 2. The molecule has 2 aromatic rings. The number of aromatic hydroxyl groups is 2. The fourth-order valence-corrected chi connectivity index (χ4v) is 1.71. The summed E-state index contributed by atoms with van der Waals surface area (Å²) in [5.74, 6) is -1.31. The van der Waals surface area contributed by atoms with Gasteiger partial charge in [0.15, 0.2) is 21.8 Å². The van der Waals surface area contributed by atoms with Gasteiger partial charge in [-0.15, -0.1) is 0 Å². The topological polar surface area (TPSA) is 95.3 Å². The molecule has 0 atom stereocenters. The number of hydrogen-bond acceptors (Lipinski definition) is 5. The number of anilines is 1. The van der Waals surface area contributed by atoms with Crippen molar-refractivity contribution < 1.29 is 15.0 Å². The third-order valence-electron chi connectivity index (χ3n) is 2.23. The number of hydrogen-bond donors (Lipinski definition) is 3. The fraction of sp³-hybridized carbons (Fsp3) is 0. The van der Waals surface area contributed by atoms with E-state index in [1.807, 2.05) is 0 Å². The molecule has 0 saturated heterocycles. The minimum atomic E-state index is -0.575. The lowest BCUT2D eigenvalue weighted by Crippen LogP contribution is -2.13. The van der Waals surface area contributed by atoms with E-state index in [1.165, 1.54) is 12.1 Å². The number of amides is 1. The summed E-state index contributed by atoms with van der Waals surface area (Å²) >= 11 is 11.6. The Bertz CT molecular complexity index is 629. The van der Waals surface area contributed by atoms with Crippen LogP contribution < -0.4 is 5.32 Å². The van der Waals surface area contributed by atoms with Crippen molar-refractivity contribution in [2.75, 3.05) is 5.32 Å². The van der Waals surface area contributed by atoms with Gasteiger partial charge in [0.05, 0.1) is 0 Å². The lowest BCUT2D eigenvalue weighted by molar-refractivity contribution is 0.102. The number of carbonyl (C=O) groups is 1. The number of rotatable bonds is 2. The quantitative estimate of drug-likeness (QED) is 0.585. The van der Waals surface area contributed by atoms with Gasteiger partial charge in [0.25, 0.3) is 5.91 Å². The number of phenolic OH excluding ortho intramolecular Hbond substituents is 2. The minimum absolute atomic E-state index is 0.00338. The second-order valence-electron chi connectivity index (χ2n) is 3.49. The molecule has 0 unspecified atom stereocenters. The Balaban J connectivity index is 2.28. The molecule has 0 spiro atoms. The highest BCUT2D eigenvalue weighted by atomic mass is 35.5. The fourth-order valence-electron chi connectivity index (χ4n) is 1.30. The molecular formula is C11H7Cl2N3O3. The van der Waals surface area contributed by atoms with Crippen LogP contribution in [0.3, 0.4) is 0 Å². The SMILES string of the molecule is O=C(Nc1c(Cl)ncnc1Cl)c1ccc(O)c(O)c1. The van der Waals surface area contributed by atoms with Gasteiger partial charge in [-0.1, -0.05) is 23.2 Å². The van der Waals surface area contributed by atoms with Gasteiger partial charge >= 0.3 is 0 Å². The van der Waals surface area contributed by atoms with Gasteiger partial charge in [-0.25, -0.2) is 9.97 Å². The Morgan fingerprint density at radius 2 is 1.74 bits per heavy atom. The summed E-state index contributed by atoms with van der Waals surface area (Å²) in [6.45, 7) is 0. The molecule has 3 N–H and O–H groups in total. The van der Waals surface area contributed by atoms with Crippen LogP contribution >= 0.6 is 23.2 Å². The first-order valence-corrected chi connectivity index (χ1v) is 5.74. The van der Waals surface area contributed by atoms with Crippen LogP contribution in [0.15, 0.2) is 24.5 Å². The van der Waals surface area contributed by atoms with E-state index in [2.05, 4.69) is 15.3 Å². The van der Waals surface area contributed by atoms with Crippen LogP contribution in [0.1, 0.15) is 10.4 Å². The second-order valence-corrected chi connectivity index (χ2v) is 4.20. The molecule has 1 aromatic heterocycles. The molecule has 0 bridgehead atoms. The lowest BCUT2D eigenvalue weighted by Gasteiger charge is -2.08. The normalized spacial score (nSPS) is 10.2. The van der Waals surface area contributed by atoms with Crippen molar-refractivity contribution in [1.29, 1.82) is 0 Å². The third-order valence-corrected chi connectivity index (χ3v) is 2.80. The van der Waals surface area contributed by atoms with Crippen LogP contribution in [0, 0.1) is 0 Å². The number of benzene rings is 1. The Hall–Kier alpha value is -2.05. The number of nitrogens with one attached hydrogen (secondary N) is 1. The van der Waals surface area contributed by atoms with Gasteiger partial charge < -0.3 is 15.5 Å². The van der Waals surface area contributed by atoms with Crippen molar-refractivity contribution in [2.24, 2.45) is 0 Å². The molecule has 2 rings (SSSR count). The molecule has 0 fully saturated rings. The van der Waals surface area contributed by atoms with E-state index in [0.29, 0.717) is 0 Å². The first-order valence-electron chi connectivity index (χ1n) is 4.98. The summed E-state index contributed by atoms with van der Waals surface area (Å²) in [6, 6.07) is 3.63. The zero-order valence-corrected chi connectivity index (χ0v) is 10.8. The first kappa shape index (κ1) is 13.4. The molecule has 0 radical (unpaired) electrons. The van der Waals surface area contributed by atoms with E-state index < -0.39 is 11.7 Å². The molecule has 0 aliphatic carbocycles. The van der Waals surface area contributed by atoms with Crippen molar-refractivity contribution in [2.45, 2.75) is 0 Å². The van der Waals surface area contributed by atoms with Crippen molar-refractivity contribution in [3.05, 3.63) is 40.4 Å². The first-order chi connectivity index (χ1) is 8.99. The van der Waals surface area contributed by atoms with E-state index in [1.54, 1.807) is 0 Å². The average Bonchev–Trinajstić information content (AvgIpc) is 2.37. The van der Waals surface area contributed by atoms with Crippen LogP contribution in [0.5, 0.6) is 11.5 Å². The number of nitrogens with zero attached hydrogens (tertiary/aromatic N) is 2. The highest BCUT2D eigenvalue weighted by Gasteiger charge is 2.14. The summed E-state index contributed by atoms with van der Waals surface area (Å²) in [5, 5.41) is 20.9. The predicted octanol–water partition coefficient (Wildman–Crippen LogP) is 2.45. The average molecular weight is 300 g/mol. The van der Waals surface area contributed by atoms with E-state index in [-0.39, 0.29) is 27.3 Å². The van der Waals surface area contributed by atoms with Gasteiger partial charge in [-0.2, -0.15) is 0 Å². The molecule has 98 valence electrons.